The first-order chi connectivity index (χ1) is 4.75. The van der Waals surface area contributed by atoms with E-state index < -0.39 is 0 Å². The molecule has 0 saturated heterocycles. The van der Waals surface area contributed by atoms with E-state index in [1.54, 1.807) is 6.08 Å². The molecule has 0 amide bonds. The van der Waals surface area contributed by atoms with Gasteiger partial charge in [0.2, 0.25) is 0 Å². The highest BCUT2D eigenvalue weighted by Gasteiger charge is 2.11. The molecule has 0 aromatic rings. The fourth-order valence-corrected chi connectivity index (χ4v) is 0.906. The lowest BCUT2D eigenvalue weighted by atomic mass is 10.1. The van der Waals surface area contributed by atoms with Gasteiger partial charge in [-0.25, -0.2) is 0 Å². The van der Waals surface area contributed by atoms with E-state index in [1.807, 2.05) is 0 Å². The summed E-state index contributed by atoms with van der Waals surface area (Å²) in [6, 6.07) is 0. The summed E-state index contributed by atoms with van der Waals surface area (Å²) in [5.74, 6) is 0.567. The first-order valence-corrected chi connectivity index (χ1v) is 3.14. The summed E-state index contributed by atoms with van der Waals surface area (Å²) >= 11 is 0. The van der Waals surface area contributed by atoms with E-state index in [2.05, 4.69) is 11.6 Å². The minimum Gasteiger partial charge on any atom is -0.400 e. The summed E-state index contributed by atoms with van der Waals surface area (Å²) in [4.78, 5) is 3.96. The quantitative estimate of drug-likeness (QED) is 0.532. The fraction of sp³-hybridized carbons (Fsp3) is 0.286. The van der Waals surface area contributed by atoms with Gasteiger partial charge >= 0.3 is 0 Å². The molecular formula is C7H11N3. The van der Waals surface area contributed by atoms with Gasteiger partial charge in [-0.3, -0.25) is 4.99 Å². The summed E-state index contributed by atoms with van der Waals surface area (Å²) in [5, 5.41) is 0. The fourth-order valence-electron chi connectivity index (χ4n) is 0.906. The number of aliphatic imine (C=N–C) groups is 1. The third-order valence-electron chi connectivity index (χ3n) is 1.47. The second-order valence-electron chi connectivity index (χ2n) is 2.20. The Labute approximate surface area is 60.1 Å². The minimum absolute atomic E-state index is 0.551. The molecule has 0 aromatic carbocycles. The monoisotopic (exact) mass is 137 g/mol. The zero-order valence-electron chi connectivity index (χ0n) is 5.80. The highest BCUT2D eigenvalue weighted by molar-refractivity contribution is 5.99. The first kappa shape index (κ1) is 6.86. The van der Waals surface area contributed by atoms with Gasteiger partial charge < -0.3 is 11.5 Å². The summed E-state index contributed by atoms with van der Waals surface area (Å²) in [7, 11) is 0. The van der Waals surface area contributed by atoms with E-state index in [1.165, 1.54) is 0 Å². The molecule has 1 aliphatic heterocycles. The standard InChI is InChI=1S/C7H11N3/c1-2-3-5-6(8)4-10-7(5)9/h2H,1,3-4,8H2,(H2,9,10). The maximum absolute atomic E-state index is 5.59. The smallest absolute Gasteiger partial charge is 0.124 e. The second kappa shape index (κ2) is 2.56. The zero-order chi connectivity index (χ0) is 7.56. The summed E-state index contributed by atoms with van der Waals surface area (Å²) in [5.41, 5.74) is 12.8. The van der Waals surface area contributed by atoms with Crippen molar-refractivity contribution < 1.29 is 0 Å². The van der Waals surface area contributed by atoms with Crippen LogP contribution in [-0.2, 0) is 0 Å². The van der Waals surface area contributed by atoms with Crippen LogP contribution in [0.2, 0.25) is 0 Å². The van der Waals surface area contributed by atoms with Gasteiger partial charge in [0.05, 0.1) is 6.54 Å². The van der Waals surface area contributed by atoms with E-state index >= 15 is 0 Å². The van der Waals surface area contributed by atoms with Crippen molar-refractivity contribution in [1.82, 2.24) is 0 Å². The summed E-state index contributed by atoms with van der Waals surface area (Å²) < 4.78 is 0. The van der Waals surface area contributed by atoms with Crippen LogP contribution in [0.5, 0.6) is 0 Å². The molecule has 1 rings (SSSR count). The average molecular weight is 137 g/mol. The van der Waals surface area contributed by atoms with E-state index in [4.69, 9.17) is 11.5 Å². The SMILES string of the molecule is C=CCC1=C(N)CN=C1N. The first-order valence-electron chi connectivity index (χ1n) is 3.14. The largest absolute Gasteiger partial charge is 0.400 e. The molecule has 1 aliphatic rings. The minimum atomic E-state index is 0.551. The number of nitrogens with two attached hydrogens (primary N) is 2. The maximum atomic E-state index is 5.59. The lowest BCUT2D eigenvalue weighted by Gasteiger charge is -1.97. The average Bonchev–Trinajstić information content (AvgIpc) is 2.20. The van der Waals surface area contributed by atoms with Gasteiger partial charge in [0.1, 0.15) is 5.84 Å². The number of allylic oxidation sites excluding steroid dienone is 1. The molecule has 0 fully saturated rings. The number of amidine groups is 1. The maximum Gasteiger partial charge on any atom is 0.124 e. The van der Waals surface area contributed by atoms with Gasteiger partial charge in [0.25, 0.3) is 0 Å². The molecule has 3 heteroatoms. The zero-order valence-corrected chi connectivity index (χ0v) is 5.80. The number of hydrogen-bond acceptors (Lipinski definition) is 3. The predicted molar refractivity (Wildman–Crippen MR) is 42.5 cm³/mol. The molecule has 0 unspecified atom stereocenters. The van der Waals surface area contributed by atoms with Crippen LogP contribution in [0.4, 0.5) is 0 Å². The van der Waals surface area contributed by atoms with Crippen LogP contribution in [0.3, 0.4) is 0 Å². The van der Waals surface area contributed by atoms with E-state index in [0.29, 0.717) is 12.4 Å². The highest BCUT2D eigenvalue weighted by atomic mass is 14.9. The third-order valence-corrected chi connectivity index (χ3v) is 1.47. The van der Waals surface area contributed by atoms with E-state index in [0.717, 1.165) is 17.7 Å². The molecule has 0 bridgehead atoms. The van der Waals surface area contributed by atoms with E-state index in [9.17, 15) is 0 Å². The van der Waals surface area contributed by atoms with Crippen LogP contribution < -0.4 is 11.5 Å². The van der Waals surface area contributed by atoms with Crippen molar-refractivity contribution in [1.29, 1.82) is 0 Å². The summed E-state index contributed by atoms with van der Waals surface area (Å²) in [6.07, 6.45) is 2.50. The molecule has 10 heavy (non-hydrogen) atoms. The van der Waals surface area contributed by atoms with Crippen LogP contribution in [0.15, 0.2) is 28.9 Å². The topological polar surface area (TPSA) is 64.4 Å². The molecule has 0 aliphatic carbocycles. The highest BCUT2D eigenvalue weighted by Crippen LogP contribution is 2.11. The van der Waals surface area contributed by atoms with Gasteiger partial charge in [-0.05, 0) is 6.42 Å². The van der Waals surface area contributed by atoms with Gasteiger partial charge in [-0.2, -0.15) is 0 Å². The molecule has 0 radical (unpaired) electrons. The van der Waals surface area contributed by atoms with Crippen molar-refractivity contribution in [3.05, 3.63) is 23.9 Å². The van der Waals surface area contributed by atoms with Gasteiger partial charge in [0.15, 0.2) is 0 Å². The van der Waals surface area contributed by atoms with E-state index in [-0.39, 0.29) is 0 Å². The van der Waals surface area contributed by atoms with Crippen molar-refractivity contribution in [3.63, 3.8) is 0 Å². The molecule has 0 spiro atoms. The second-order valence-corrected chi connectivity index (χ2v) is 2.20. The van der Waals surface area contributed by atoms with Crippen molar-refractivity contribution in [2.45, 2.75) is 6.42 Å². The Balaban J connectivity index is 2.78. The van der Waals surface area contributed by atoms with Crippen LogP contribution in [-0.4, -0.2) is 12.4 Å². The molecule has 3 nitrogen and oxygen atoms in total. The molecule has 1 heterocycles. The van der Waals surface area contributed by atoms with Crippen molar-refractivity contribution >= 4 is 5.84 Å². The Bertz CT molecular complexity index is 213. The lowest BCUT2D eigenvalue weighted by Crippen LogP contribution is -2.13. The Hall–Kier alpha value is -1.25. The summed E-state index contributed by atoms with van der Waals surface area (Å²) in [6.45, 7) is 4.14. The molecule has 0 saturated carbocycles. The Morgan fingerprint density at radius 3 is 2.70 bits per heavy atom. The van der Waals surface area contributed by atoms with Crippen molar-refractivity contribution in [3.8, 4) is 0 Å². The Kier molecular flexibility index (Phi) is 1.76. The van der Waals surface area contributed by atoms with Gasteiger partial charge in [-0.15, -0.1) is 6.58 Å². The Morgan fingerprint density at radius 2 is 2.30 bits per heavy atom. The van der Waals surface area contributed by atoms with Crippen molar-refractivity contribution in [2.24, 2.45) is 16.5 Å². The van der Waals surface area contributed by atoms with Crippen LogP contribution in [0.25, 0.3) is 0 Å². The lowest BCUT2D eigenvalue weighted by molar-refractivity contribution is 1.12. The van der Waals surface area contributed by atoms with Crippen molar-refractivity contribution in [2.75, 3.05) is 6.54 Å². The Morgan fingerprint density at radius 1 is 1.60 bits per heavy atom. The normalized spacial score (nSPS) is 17.4. The molecule has 0 atom stereocenters. The van der Waals surface area contributed by atoms with Crippen LogP contribution in [0, 0.1) is 0 Å². The van der Waals surface area contributed by atoms with Gasteiger partial charge in [0, 0.05) is 11.3 Å². The molecule has 0 aromatic heterocycles. The van der Waals surface area contributed by atoms with Crippen LogP contribution >= 0.6 is 0 Å². The van der Waals surface area contributed by atoms with Gasteiger partial charge in [-0.1, -0.05) is 6.08 Å². The number of hydrogen-bond donors (Lipinski definition) is 2. The number of rotatable bonds is 2. The number of nitrogens with zero attached hydrogens (tertiary/aromatic N) is 1. The van der Waals surface area contributed by atoms with Crippen LogP contribution in [0.1, 0.15) is 6.42 Å². The third kappa shape index (κ3) is 1.03. The molecule has 54 valence electrons. The predicted octanol–water partition coefficient (Wildman–Crippen LogP) is 0.146. The molecule has 4 N–H and O–H groups in total. The molecular weight excluding hydrogens is 126 g/mol.